The van der Waals surface area contributed by atoms with Crippen LogP contribution in [0.1, 0.15) is 5.56 Å². The lowest BCUT2D eigenvalue weighted by Gasteiger charge is -2.28. The van der Waals surface area contributed by atoms with Crippen LogP contribution in [0.25, 0.3) is 98.0 Å². The van der Waals surface area contributed by atoms with Gasteiger partial charge in [0.25, 0.3) is 0 Å². The van der Waals surface area contributed by atoms with Crippen molar-refractivity contribution in [1.82, 2.24) is 0 Å². The van der Waals surface area contributed by atoms with Gasteiger partial charge in [-0.1, -0.05) is 182 Å². The Morgan fingerprint density at radius 3 is 1.46 bits per heavy atom. The van der Waals surface area contributed by atoms with Gasteiger partial charge in [-0.25, -0.2) is 0 Å². The molecule has 0 aliphatic rings. The molecule has 0 heterocycles. The van der Waals surface area contributed by atoms with Crippen LogP contribution in [0.15, 0.2) is 231 Å². The van der Waals surface area contributed by atoms with Crippen molar-refractivity contribution in [2.24, 2.45) is 0 Å². The lowest BCUT2D eigenvalue weighted by molar-refractivity contribution is 1.30. The Balaban J connectivity index is 1.13. The van der Waals surface area contributed by atoms with Gasteiger partial charge in [0.15, 0.2) is 0 Å². The summed E-state index contributed by atoms with van der Waals surface area (Å²) >= 11 is 0. The number of nitrogens with zero attached hydrogens (tertiary/aromatic N) is 2. The van der Waals surface area contributed by atoms with Gasteiger partial charge < -0.3 is 4.90 Å². The molecule has 0 spiro atoms. The van der Waals surface area contributed by atoms with Crippen LogP contribution in [0, 0.1) is 11.3 Å². The first-order chi connectivity index (χ1) is 31.2. The van der Waals surface area contributed by atoms with Crippen LogP contribution in [-0.4, -0.2) is 0 Å². The van der Waals surface area contributed by atoms with Gasteiger partial charge >= 0.3 is 0 Å². The van der Waals surface area contributed by atoms with Crippen molar-refractivity contribution in [2.75, 3.05) is 4.90 Å². The van der Waals surface area contributed by atoms with Crippen molar-refractivity contribution in [1.29, 1.82) is 5.26 Å². The summed E-state index contributed by atoms with van der Waals surface area (Å²) in [5.41, 5.74) is 11.0. The largest absolute Gasteiger partial charge is 0.310 e. The molecule has 12 aromatic carbocycles. The molecule has 0 radical (unpaired) electrons. The Hall–Kier alpha value is -8.51. The van der Waals surface area contributed by atoms with Crippen molar-refractivity contribution in [3.05, 3.63) is 236 Å². The van der Waals surface area contributed by atoms with Gasteiger partial charge in [0.05, 0.1) is 17.3 Å². The van der Waals surface area contributed by atoms with Gasteiger partial charge in [0.2, 0.25) is 0 Å². The molecule has 2 nitrogen and oxygen atoms in total. The fourth-order valence-corrected chi connectivity index (χ4v) is 9.97. The third kappa shape index (κ3) is 6.02. The summed E-state index contributed by atoms with van der Waals surface area (Å²) in [5, 5.41) is 24.2. The molecule has 12 rings (SSSR count). The highest BCUT2D eigenvalue weighted by Crippen LogP contribution is 2.49. The van der Waals surface area contributed by atoms with E-state index in [0.29, 0.717) is 5.56 Å². The fourth-order valence-electron chi connectivity index (χ4n) is 9.97. The van der Waals surface area contributed by atoms with Crippen LogP contribution in [0.2, 0.25) is 0 Å². The van der Waals surface area contributed by atoms with Gasteiger partial charge in [0.1, 0.15) is 0 Å². The van der Waals surface area contributed by atoms with E-state index in [1.165, 1.54) is 81.7 Å². The van der Waals surface area contributed by atoms with Crippen LogP contribution >= 0.6 is 0 Å². The molecule has 0 saturated carbocycles. The molecule has 0 N–H and O–H groups in total. The standard InChI is InChI=1S/C61H38N2/c62-39-40-27-31-46(32-28-40)63(47-33-29-41-13-1-2-16-44(41)37-47)59-36-35-50(51-21-7-8-22-52(51)59)45-30-34-57-58(38-45)61(54-26-12-18-43-15-4-6-20-49(43)54)56-24-10-9-23-55(56)60(57)53-25-11-17-42-14-3-5-19-48(42)53/h1-38H. The molecule has 0 aliphatic heterocycles. The molecule has 0 bridgehead atoms. The molecule has 0 unspecified atom stereocenters. The van der Waals surface area contributed by atoms with Gasteiger partial charge in [-0.15, -0.1) is 0 Å². The van der Waals surface area contributed by atoms with Crippen LogP contribution in [0.4, 0.5) is 17.1 Å². The Labute approximate surface area is 365 Å². The van der Waals surface area contributed by atoms with Crippen LogP contribution in [-0.2, 0) is 0 Å². The zero-order valence-corrected chi connectivity index (χ0v) is 34.3. The normalized spacial score (nSPS) is 11.5. The molecule has 0 saturated heterocycles. The topological polar surface area (TPSA) is 27.0 Å². The minimum absolute atomic E-state index is 0.632. The first kappa shape index (κ1) is 36.4. The number of hydrogen-bond donors (Lipinski definition) is 0. The molecule has 0 amide bonds. The SMILES string of the molecule is N#Cc1ccc(N(c2ccc3ccccc3c2)c2ccc(-c3ccc4c(-c5cccc6ccccc56)c5ccccc5c(-c5cccc6ccccc56)c4c3)c3ccccc23)cc1. The number of hydrogen-bond acceptors (Lipinski definition) is 2. The van der Waals surface area contributed by atoms with E-state index in [-0.39, 0.29) is 0 Å². The maximum atomic E-state index is 9.70. The number of nitriles is 1. The zero-order chi connectivity index (χ0) is 41.9. The van der Waals surface area contributed by atoms with Crippen molar-refractivity contribution >= 4 is 81.7 Å². The summed E-state index contributed by atoms with van der Waals surface area (Å²) in [6.07, 6.45) is 0. The van der Waals surface area contributed by atoms with Crippen molar-refractivity contribution in [3.63, 3.8) is 0 Å². The van der Waals surface area contributed by atoms with Crippen molar-refractivity contribution < 1.29 is 0 Å². The molecule has 2 heteroatoms. The third-order valence-corrected chi connectivity index (χ3v) is 12.8. The molecular weight excluding hydrogens is 761 g/mol. The number of anilines is 3. The highest BCUT2D eigenvalue weighted by atomic mass is 15.1. The summed E-state index contributed by atoms with van der Waals surface area (Å²) in [5.74, 6) is 0. The monoisotopic (exact) mass is 798 g/mol. The number of rotatable bonds is 6. The summed E-state index contributed by atoms with van der Waals surface area (Å²) < 4.78 is 0. The van der Waals surface area contributed by atoms with E-state index in [2.05, 4.69) is 217 Å². The molecular formula is C61H38N2. The number of fused-ring (bicyclic) bond motifs is 6. The summed E-state index contributed by atoms with van der Waals surface area (Å²) in [6, 6.07) is 85.6. The van der Waals surface area contributed by atoms with Crippen molar-refractivity contribution in [2.45, 2.75) is 0 Å². The first-order valence-corrected chi connectivity index (χ1v) is 21.5. The fraction of sp³-hybridized carbons (Fsp3) is 0. The minimum Gasteiger partial charge on any atom is -0.310 e. The van der Waals surface area contributed by atoms with Crippen LogP contribution < -0.4 is 4.90 Å². The molecule has 292 valence electrons. The highest BCUT2D eigenvalue weighted by molar-refractivity contribution is 6.26. The minimum atomic E-state index is 0.632. The Bertz CT molecular complexity index is 3810. The predicted molar refractivity (Wildman–Crippen MR) is 267 cm³/mol. The lowest BCUT2D eigenvalue weighted by Crippen LogP contribution is -2.10. The van der Waals surface area contributed by atoms with E-state index >= 15 is 0 Å². The van der Waals surface area contributed by atoms with Gasteiger partial charge in [0, 0.05) is 16.8 Å². The van der Waals surface area contributed by atoms with Crippen LogP contribution in [0.3, 0.4) is 0 Å². The predicted octanol–water partition coefficient (Wildman–Crippen LogP) is 16.9. The first-order valence-electron chi connectivity index (χ1n) is 21.5. The van der Waals surface area contributed by atoms with E-state index < -0.39 is 0 Å². The van der Waals surface area contributed by atoms with E-state index in [4.69, 9.17) is 0 Å². The van der Waals surface area contributed by atoms with Gasteiger partial charge in [-0.2, -0.15) is 5.26 Å². The second-order valence-electron chi connectivity index (χ2n) is 16.3. The molecule has 0 aliphatic carbocycles. The summed E-state index contributed by atoms with van der Waals surface area (Å²) in [6.45, 7) is 0. The Morgan fingerprint density at radius 1 is 0.302 bits per heavy atom. The van der Waals surface area contributed by atoms with Gasteiger partial charge in [-0.05, 0) is 141 Å². The Kier molecular flexibility index (Phi) is 8.59. The highest BCUT2D eigenvalue weighted by Gasteiger charge is 2.22. The second kappa shape index (κ2) is 14.9. The molecule has 0 atom stereocenters. The molecule has 63 heavy (non-hydrogen) atoms. The van der Waals surface area contributed by atoms with E-state index in [0.717, 1.165) is 33.4 Å². The van der Waals surface area contributed by atoms with E-state index in [1.54, 1.807) is 0 Å². The van der Waals surface area contributed by atoms with E-state index in [1.807, 2.05) is 24.3 Å². The quantitative estimate of drug-likeness (QED) is 0.157. The molecule has 12 aromatic rings. The average Bonchev–Trinajstić information content (AvgIpc) is 3.35. The smallest absolute Gasteiger partial charge is 0.0991 e. The summed E-state index contributed by atoms with van der Waals surface area (Å²) in [7, 11) is 0. The average molecular weight is 799 g/mol. The number of benzene rings is 12. The lowest BCUT2D eigenvalue weighted by atomic mass is 9.82. The molecule has 0 fully saturated rings. The second-order valence-corrected chi connectivity index (χ2v) is 16.3. The maximum absolute atomic E-state index is 9.70. The van der Waals surface area contributed by atoms with Crippen LogP contribution in [0.5, 0.6) is 0 Å². The third-order valence-electron chi connectivity index (χ3n) is 12.8. The van der Waals surface area contributed by atoms with E-state index in [9.17, 15) is 5.26 Å². The Morgan fingerprint density at radius 2 is 0.810 bits per heavy atom. The zero-order valence-electron chi connectivity index (χ0n) is 34.3. The molecule has 0 aromatic heterocycles. The van der Waals surface area contributed by atoms with Crippen molar-refractivity contribution in [3.8, 4) is 39.4 Å². The van der Waals surface area contributed by atoms with Gasteiger partial charge in [-0.3, -0.25) is 0 Å². The summed E-state index contributed by atoms with van der Waals surface area (Å²) in [4.78, 5) is 2.32. The maximum Gasteiger partial charge on any atom is 0.0991 e.